The zero-order valence-electron chi connectivity index (χ0n) is 14.9. The minimum Gasteiger partial charge on any atom is -0.466 e. The minimum atomic E-state index is -0.247. The number of rotatable bonds is 3. The predicted molar refractivity (Wildman–Crippen MR) is 107 cm³/mol. The molecule has 3 heterocycles. The third-order valence-electron chi connectivity index (χ3n) is 4.86. The Labute approximate surface area is 165 Å². The van der Waals surface area contributed by atoms with Crippen LogP contribution in [0.3, 0.4) is 0 Å². The lowest BCUT2D eigenvalue weighted by Gasteiger charge is -2.31. The Bertz CT molecular complexity index is 1030. The molecule has 1 aliphatic heterocycles. The summed E-state index contributed by atoms with van der Waals surface area (Å²) in [5.74, 6) is -0.530. The maximum atomic E-state index is 13.1. The first-order chi connectivity index (χ1) is 13.1. The summed E-state index contributed by atoms with van der Waals surface area (Å²) >= 11 is 7.78. The molecular formula is C20H19ClN2O3S. The zero-order chi connectivity index (χ0) is 19.0. The number of piperidine rings is 1. The van der Waals surface area contributed by atoms with Gasteiger partial charge in [0.05, 0.1) is 22.9 Å². The Morgan fingerprint density at radius 3 is 2.96 bits per heavy atom. The van der Waals surface area contributed by atoms with E-state index in [9.17, 15) is 9.59 Å². The molecule has 3 aromatic rings. The number of esters is 1. The molecule has 0 N–H and O–H groups in total. The van der Waals surface area contributed by atoms with Crippen molar-refractivity contribution in [3.8, 4) is 0 Å². The molecule has 0 radical (unpaired) electrons. The second-order valence-corrected chi connectivity index (χ2v) is 8.03. The average Bonchev–Trinajstić information content (AvgIpc) is 3.14. The highest BCUT2D eigenvalue weighted by Gasteiger charge is 2.30. The van der Waals surface area contributed by atoms with Crippen LogP contribution in [0.25, 0.3) is 21.0 Å². The summed E-state index contributed by atoms with van der Waals surface area (Å²) in [6, 6.07) is 9.59. The van der Waals surface area contributed by atoms with Gasteiger partial charge in [-0.05, 0) is 31.9 Å². The number of carbonyl (C=O) groups excluding carboxylic acids is 2. The number of thiophene rings is 1. The third-order valence-corrected chi connectivity index (χ3v) is 6.31. The number of benzene rings is 1. The molecule has 4 rings (SSSR count). The molecule has 1 atom stereocenters. The van der Waals surface area contributed by atoms with Crippen LogP contribution in [0.5, 0.6) is 0 Å². The molecule has 0 aliphatic carbocycles. The molecule has 1 aromatic carbocycles. The van der Waals surface area contributed by atoms with Crippen LogP contribution in [0, 0.1) is 5.92 Å². The first-order valence-electron chi connectivity index (χ1n) is 9.02. The lowest BCUT2D eigenvalue weighted by atomic mass is 9.98. The molecule has 27 heavy (non-hydrogen) atoms. The van der Waals surface area contributed by atoms with Gasteiger partial charge in [0, 0.05) is 28.6 Å². The van der Waals surface area contributed by atoms with Gasteiger partial charge in [-0.25, -0.2) is 4.98 Å². The first-order valence-corrected chi connectivity index (χ1v) is 10.2. The monoisotopic (exact) mass is 402 g/mol. The number of hydrogen-bond acceptors (Lipinski definition) is 5. The van der Waals surface area contributed by atoms with Crippen LogP contribution in [0.4, 0.5) is 0 Å². The summed E-state index contributed by atoms with van der Waals surface area (Å²) < 4.78 is 6.09. The number of pyridine rings is 1. The Balaban J connectivity index is 1.66. The molecule has 0 unspecified atom stereocenters. The lowest BCUT2D eigenvalue weighted by molar-refractivity contribution is -0.149. The van der Waals surface area contributed by atoms with Gasteiger partial charge >= 0.3 is 5.97 Å². The van der Waals surface area contributed by atoms with Crippen molar-refractivity contribution in [3.63, 3.8) is 0 Å². The van der Waals surface area contributed by atoms with Gasteiger partial charge in [-0.3, -0.25) is 9.59 Å². The van der Waals surface area contributed by atoms with Crippen LogP contribution in [0.2, 0.25) is 5.15 Å². The molecule has 0 spiro atoms. The van der Waals surface area contributed by atoms with Crippen LogP contribution in [-0.4, -0.2) is 41.5 Å². The molecule has 140 valence electrons. The second kappa shape index (κ2) is 7.44. The molecule has 1 aliphatic rings. The molecule has 5 nitrogen and oxygen atoms in total. The van der Waals surface area contributed by atoms with E-state index in [0.29, 0.717) is 29.7 Å². The summed E-state index contributed by atoms with van der Waals surface area (Å²) in [6.45, 7) is 3.20. The maximum absolute atomic E-state index is 13.1. The van der Waals surface area contributed by atoms with Crippen molar-refractivity contribution in [1.29, 1.82) is 0 Å². The second-order valence-electron chi connectivity index (χ2n) is 6.62. The largest absolute Gasteiger partial charge is 0.466 e. The van der Waals surface area contributed by atoms with Gasteiger partial charge in [0.1, 0.15) is 5.15 Å². The number of likely N-dealkylation sites (tertiary alicyclic amines) is 1. The van der Waals surface area contributed by atoms with E-state index < -0.39 is 0 Å². The van der Waals surface area contributed by atoms with Crippen molar-refractivity contribution >= 4 is 55.8 Å². The maximum Gasteiger partial charge on any atom is 0.310 e. The number of para-hydroxylation sites is 1. The summed E-state index contributed by atoms with van der Waals surface area (Å²) in [6.07, 6.45) is 1.56. The van der Waals surface area contributed by atoms with Crippen LogP contribution in [0.1, 0.15) is 29.4 Å². The fourth-order valence-corrected chi connectivity index (χ4v) is 5.01. The van der Waals surface area contributed by atoms with Gasteiger partial charge in [0.15, 0.2) is 0 Å². The number of ether oxygens (including phenoxy) is 1. The highest BCUT2D eigenvalue weighted by Crippen LogP contribution is 2.36. The van der Waals surface area contributed by atoms with Crippen molar-refractivity contribution in [2.45, 2.75) is 19.8 Å². The Hall–Kier alpha value is -2.18. The van der Waals surface area contributed by atoms with Crippen molar-refractivity contribution in [3.05, 3.63) is 40.4 Å². The van der Waals surface area contributed by atoms with E-state index in [0.717, 1.165) is 33.8 Å². The van der Waals surface area contributed by atoms with E-state index in [4.69, 9.17) is 16.3 Å². The number of nitrogens with zero attached hydrogens (tertiary/aromatic N) is 2. The van der Waals surface area contributed by atoms with Gasteiger partial charge < -0.3 is 9.64 Å². The zero-order valence-corrected chi connectivity index (χ0v) is 16.5. The smallest absolute Gasteiger partial charge is 0.310 e. The van der Waals surface area contributed by atoms with Crippen LogP contribution < -0.4 is 0 Å². The highest BCUT2D eigenvalue weighted by atomic mass is 35.5. The number of hydrogen-bond donors (Lipinski definition) is 0. The van der Waals surface area contributed by atoms with E-state index in [1.165, 1.54) is 11.3 Å². The standard InChI is InChI=1S/C20H19ClN2O3S/c1-2-26-20(25)12-6-5-9-23(11-12)19(24)16-10-14-17(27-16)13-7-3-4-8-15(13)22-18(14)21/h3-4,7-8,10,12H,2,5-6,9,11H2,1H3/t12-/m1/s1. The van der Waals surface area contributed by atoms with Crippen LogP contribution in [-0.2, 0) is 9.53 Å². The highest BCUT2D eigenvalue weighted by molar-refractivity contribution is 7.21. The van der Waals surface area contributed by atoms with Crippen molar-refractivity contribution in [2.24, 2.45) is 5.92 Å². The number of carbonyl (C=O) groups is 2. The number of fused-ring (bicyclic) bond motifs is 3. The predicted octanol–water partition coefficient (Wildman–Crippen LogP) is 4.52. The molecule has 1 amide bonds. The average molecular weight is 403 g/mol. The lowest BCUT2D eigenvalue weighted by Crippen LogP contribution is -2.42. The topological polar surface area (TPSA) is 59.5 Å². The Morgan fingerprint density at radius 1 is 1.33 bits per heavy atom. The molecule has 7 heteroatoms. The number of amides is 1. The van der Waals surface area contributed by atoms with Gasteiger partial charge in [-0.2, -0.15) is 0 Å². The molecular weight excluding hydrogens is 384 g/mol. The number of halogens is 1. The van der Waals surface area contributed by atoms with Crippen molar-refractivity contribution in [2.75, 3.05) is 19.7 Å². The Morgan fingerprint density at radius 2 is 2.15 bits per heavy atom. The van der Waals surface area contributed by atoms with E-state index in [-0.39, 0.29) is 17.8 Å². The van der Waals surface area contributed by atoms with E-state index in [1.54, 1.807) is 11.8 Å². The summed E-state index contributed by atoms with van der Waals surface area (Å²) in [5.41, 5.74) is 0.816. The molecule has 2 aromatic heterocycles. The summed E-state index contributed by atoms with van der Waals surface area (Å²) in [4.78, 5) is 31.9. The molecule has 0 bridgehead atoms. The van der Waals surface area contributed by atoms with Crippen molar-refractivity contribution in [1.82, 2.24) is 9.88 Å². The van der Waals surface area contributed by atoms with Crippen LogP contribution >= 0.6 is 22.9 Å². The number of aromatic nitrogens is 1. The quantitative estimate of drug-likeness (QED) is 0.477. The minimum absolute atomic E-state index is 0.0645. The SMILES string of the molecule is CCOC(=O)[C@@H]1CCCN(C(=O)c2cc3c(Cl)nc4ccccc4c3s2)C1. The fourth-order valence-electron chi connectivity index (χ4n) is 3.55. The fraction of sp³-hybridized carbons (Fsp3) is 0.350. The summed E-state index contributed by atoms with van der Waals surface area (Å²) in [7, 11) is 0. The van der Waals surface area contributed by atoms with Gasteiger partial charge in [0.25, 0.3) is 5.91 Å². The van der Waals surface area contributed by atoms with Crippen molar-refractivity contribution < 1.29 is 14.3 Å². The molecule has 1 fully saturated rings. The third kappa shape index (κ3) is 3.39. The Kier molecular flexibility index (Phi) is 5.02. The van der Waals surface area contributed by atoms with E-state index in [2.05, 4.69) is 4.98 Å². The van der Waals surface area contributed by atoms with E-state index >= 15 is 0 Å². The van der Waals surface area contributed by atoms with Gasteiger partial charge in [-0.15, -0.1) is 11.3 Å². The molecule has 0 saturated carbocycles. The summed E-state index contributed by atoms with van der Waals surface area (Å²) in [5, 5.41) is 2.19. The van der Waals surface area contributed by atoms with E-state index in [1.807, 2.05) is 30.3 Å². The van der Waals surface area contributed by atoms with Gasteiger partial charge in [-0.1, -0.05) is 29.8 Å². The molecule has 1 saturated heterocycles. The van der Waals surface area contributed by atoms with Crippen LogP contribution in [0.15, 0.2) is 30.3 Å². The van der Waals surface area contributed by atoms with Gasteiger partial charge in [0.2, 0.25) is 0 Å². The first kappa shape index (κ1) is 18.2. The normalized spacial score (nSPS) is 17.4.